The Morgan fingerprint density at radius 2 is 2.00 bits per heavy atom. The number of benzene rings is 1. The maximum atomic E-state index is 12.0. The van der Waals surface area contributed by atoms with Crippen LogP contribution in [0.2, 0.25) is 0 Å². The fourth-order valence-electron chi connectivity index (χ4n) is 2.15. The summed E-state index contributed by atoms with van der Waals surface area (Å²) in [6.45, 7) is 5.72. The second-order valence-electron chi connectivity index (χ2n) is 4.97. The summed E-state index contributed by atoms with van der Waals surface area (Å²) < 4.78 is 5.59. The van der Waals surface area contributed by atoms with E-state index in [9.17, 15) is 4.79 Å². The lowest BCUT2D eigenvalue weighted by Crippen LogP contribution is -2.48. The summed E-state index contributed by atoms with van der Waals surface area (Å²) in [6, 6.07) is 7.93. The van der Waals surface area contributed by atoms with Gasteiger partial charge in [0.1, 0.15) is 5.75 Å². The molecular weight excluding hydrogens is 240 g/mol. The molecule has 0 aliphatic carbocycles. The van der Waals surface area contributed by atoms with Crippen molar-refractivity contribution >= 4 is 5.91 Å². The van der Waals surface area contributed by atoms with Crippen molar-refractivity contribution < 1.29 is 9.53 Å². The molecule has 1 saturated heterocycles. The number of amides is 1. The maximum absolute atomic E-state index is 12.0. The number of nitrogens with zero attached hydrogens (tertiary/aromatic N) is 2. The van der Waals surface area contributed by atoms with Gasteiger partial charge in [0.25, 0.3) is 5.91 Å². The van der Waals surface area contributed by atoms with Crippen molar-refractivity contribution in [2.24, 2.45) is 0 Å². The molecular formula is C15H22N2O2. The third-order valence-corrected chi connectivity index (χ3v) is 3.52. The topological polar surface area (TPSA) is 32.8 Å². The zero-order valence-corrected chi connectivity index (χ0v) is 11.8. The van der Waals surface area contributed by atoms with Crippen molar-refractivity contribution in [2.45, 2.75) is 13.3 Å². The Kier molecular flexibility index (Phi) is 4.80. The van der Waals surface area contributed by atoms with Crippen LogP contribution in [0.3, 0.4) is 0 Å². The smallest absolute Gasteiger partial charge is 0.260 e. The Morgan fingerprint density at radius 3 is 2.68 bits per heavy atom. The molecule has 0 unspecified atom stereocenters. The lowest BCUT2D eigenvalue weighted by molar-refractivity contribution is -0.134. The Labute approximate surface area is 115 Å². The van der Waals surface area contributed by atoms with E-state index < -0.39 is 0 Å². The predicted molar refractivity (Wildman–Crippen MR) is 75.4 cm³/mol. The molecule has 0 atom stereocenters. The summed E-state index contributed by atoms with van der Waals surface area (Å²) >= 11 is 0. The summed E-state index contributed by atoms with van der Waals surface area (Å²) in [7, 11) is 2.08. The number of likely N-dealkylation sites (N-methyl/N-ethyl adjacent to an activating group) is 1. The van der Waals surface area contributed by atoms with Gasteiger partial charge in [0.2, 0.25) is 0 Å². The van der Waals surface area contributed by atoms with E-state index in [0.717, 1.165) is 38.3 Å². The largest absolute Gasteiger partial charge is 0.484 e. The predicted octanol–water partition coefficient (Wildman–Crippen LogP) is 1.40. The van der Waals surface area contributed by atoms with Crippen molar-refractivity contribution in [2.75, 3.05) is 39.8 Å². The molecule has 0 N–H and O–H groups in total. The molecule has 1 aliphatic heterocycles. The molecule has 1 heterocycles. The molecule has 0 saturated carbocycles. The van der Waals surface area contributed by atoms with Crippen LogP contribution in [-0.4, -0.2) is 55.5 Å². The molecule has 0 radical (unpaired) electrons. The van der Waals surface area contributed by atoms with Crippen LogP contribution in [-0.2, 0) is 11.2 Å². The standard InChI is InChI=1S/C15H22N2O2/c1-3-13-5-4-6-14(11-13)19-12-15(18)17-9-7-16(2)8-10-17/h4-6,11H,3,7-10,12H2,1-2H3. The highest BCUT2D eigenvalue weighted by Crippen LogP contribution is 2.13. The van der Waals surface area contributed by atoms with Gasteiger partial charge in [0, 0.05) is 26.2 Å². The van der Waals surface area contributed by atoms with Crippen LogP contribution >= 0.6 is 0 Å². The van der Waals surface area contributed by atoms with Gasteiger partial charge in [-0.15, -0.1) is 0 Å². The molecule has 0 aromatic heterocycles. The minimum absolute atomic E-state index is 0.0787. The van der Waals surface area contributed by atoms with Crippen LogP contribution in [0, 0.1) is 0 Å². The van der Waals surface area contributed by atoms with E-state index in [1.54, 1.807) is 0 Å². The van der Waals surface area contributed by atoms with E-state index >= 15 is 0 Å². The summed E-state index contributed by atoms with van der Waals surface area (Å²) in [5, 5.41) is 0. The third kappa shape index (κ3) is 3.96. The van der Waals surface area contributed by atoms with E-state index in [0.29, 0.717) is 0 Å². The molecule has 4 heteroatoms. The molecule has 19 heavy (non-hydrogen) atoms. The molecule has 1 fully saturated rings. The molecule has 1 amide bonds. The lowest BCUT2D eigenvalue weighted by atomic mass is 10.2. The van der Waals surface area contributed by atoms with Crippen molar-refractivity contribution in [3.63, 3.8) is 0 Å². The SMILES string of the molecule is CCc1cccc(OCC(=O)N2CCN(C)CC2)c1. The molecule has 0 spiro atoms. The fraction of sp³-hybridized carbons (Fsp3) is 0.533. The lowest BCUT2D eigenvalue weighted by Gasteiger charge is -2.32. The molecule has 4 nitrogen and oxygen atoms in total. The second kappa shape index (κ2) is 6.57. The number of carbonyl (C=O) groups excluding carboxylic acids is 1. The van der Waals surface area contributed by atoms with Gasteiger partial charge < -0.3 is 14.5 Å². The number of ether oxygens (including phenoxy) is 1. The molecule has 104 valence electrons. The zero-order valence-electron chi connectivity index (χ0n) is 11.8. The van der Waals surface area contributed by atoms with Crippen LogP contribution in [0.5, 0.6) is 5.75 Å². The third-order valence-electron chi connectivity index (χ3n) is 3.52. The van der Waals surface area contributed by atoms with Crippen LogP contribution in [0.1, 0.15) is 12.5 Å². The van der Waals surface area contributed by atoms with E-state index in [-0.39, 0.29) is 12.5 Å². The van der Waals surface area contributed by atoms with Crippen molar-refractivity contribution in [1.82, 2.24) is 9.80 Å². The second-order valence-corrected chi connectivity index (χ2v) is 4.97. The van der Waals surface area contributed by atoms with Crippen LogP contribution in [0.15, 0.2) is 24.3 Å². The first-order valence-corrected chi connectivity index (χ1v) is 6.87. The summed E-state index contributed by atoms with van der Waals surface area (Å²) in [6.07, 6.45) is 0.976. The average molecular weight is 262 g/mol. The highest BCUT2D eigenvalue weighted by molar-refractivity contribution is 5.77. The number of hydrogen-bond donors (Lipinski definition) is 0. The number of aryl methyl sites for hydroxylation is 1. The molecule has 1 aromatic rings. The van der Waals surface area contributed by atoms with E-state index in [1.807, 2.05) is 23.1 Å². The fourth-order valence-corrected chi connectivity index (χ4v) is 2.15. The van der Waals surface area contributed by atoms with E-state index in [2.05, 4.69) is 24.9 Å². The molecule has 1 aromatic carbocycles. The van der Waals surface area contributed by atoms with Crippen molar-refractivity contribution in [1.29, 1.82) is 0 Å². The zero-order chi connectivity index (χ0) is 13.7. The summed E-state index contributed by atoms with van der Waals surface area (Å²) in [5.41, 5.74) is 1.23. The van der Waals surface area contributed by atoms with Gasteiger partial charge in [-0.1, -0.05) is 19.1 Å². The molecule has 2 rings (SSSR count). The van der Waals surface area contributed by atoms with Gasteiger partial charge in [-0.3, -0.25) is 4.79 Å². The Bertz CT molecular complexity index is 426. The Hall–Kier alpha value is -1.55. The Balaban J connectivity index is 1.82. The number of piperazine rings is 1. The van der Waals surface area contributed by atoms with Crippen molar-refractivity contribution in [3.05, 3.63) is 29.8 Å². The first kappa shape index (κ1) is 13.9. The highest BCUT2D eigenvalue weighted by atomic mass is 16.5. The monoisotopic (exact) mass is 262 g/mol. The number of rotatable bonds is 4. The van der Waals surface area contributed by atoms with Gasteiger partial charge in [-0.25, -0.2) is 0 Å². The van der Waals surface area contributed by atoms with Gasteiger partial charge >= 0.3 is 0 Å². The van der Waals surface area contributed by atoms with Gasteiger partial charge in [-0.05, 0) is 31.2 Å². The summed E-state index contributed by atoms with van der Waals surface area (Å²) in [5.74, 6) is 0.858. The van der Waals surface area contributed by atoms with E-state index in [4.69, 9.17) is 4.74 Å². The molecule has 0 bridgehead atoms. The van der Waals surface area contributed by atoms with E-state index in [1.165, 1.54) is 5.56 Å². The number of carbonyl (C=O) groups is 1. The van der Waals surface area contributed by atoms with Gasteiger partial charge in [-0.2, -0.15) is 0 Å². The minimum Gasteiger partial charge on any atom is -0.484 e. The first-order valence-electron chi connectivity index (χ1n) is 6.87. The average Bonchev–Trinajstić information content (AvgIpc) is 2.46. The first-order chi connectivity index (χ1) is 9.19. The molecule has 1 aliphatic rings. The van der Waals surface area contributed by atoms with Crippen LogP contribution in [0.4, 0.5) is 0 Å². The normalized spacial score (nSPS) is 16.4. The van der Waals surface area contributed by atoms with Gasteiger partial charge in [0.15, 0.2) is 6.61 Å². The quantitative estimate of drug-likeness (QED) is 0.822. The minimum atomic E-state index is 0.0787. The maximum Gasteiger partial charge on any atom is 0.260 e. The number of hydrogen-bond acceptors (Lipinski definition) is 3. The van der Waals surface area contributed by atoms with Crippen LogP contribution in [0.25, 0.3) is 0 Å². The van der Waals surface area contributed by atoms with Crippen LogP contribution < -0.4 is 4.74 Å². The summed E-state index contributed by atoms with van der Waals surface area (Å²) in [4.78, 5) is 16.1. The highest BCUT2D eigenvalue weighted by Gasteiger charge is 2.19. The van der Waals surface area contributed by atoms with Gasteiger partial charge in [0.05, 0.1) is 0 Å². The van der Waals surface area contributed by atoms with Crippen molar-refractivity contribution in [3.8, 4) is 5.75 Å². The Morgan fingerprint density at radius 1 is 1.26 bits per heavy atom.